The van der Waals surface area contributed by atoms with E-state index >= 15 is 0 Å². The van der Waals surface area contributed by atoms with Gasteiger partial charge in [-0.15, -0.1) is 0 Å². The molecule has 66 valence electrons. The lowest BCUT2D eigenvalue weighted by Gasteiger charge is -2.20. The van der Waals surface area contributed by atoms with Gasteiger partial charge in [-0.05, 0) is 24.6 Å². The number of allylic oxidation sites excluding steroid dienone is 3. The van der Waals surface area contributed by atoms with Crippen molar-refractivity contribution >= 4 is 0 Å². The highest BCUT2D eigenvalue weighted by Crippen LogP contribution is 2.14. The van der Waals surface area contributed by atoms with E-state index in [1.54, 1.807) is 6.20 Å². The molecule has 1 aliphatic heterocycles. The van der Waals surface area contributed by atoms with Crippen molar-refractivity contribution in [3.8, 4) is 0 Å². The minimum atomic E-state index is -0.180. The molecule has 0 amide bonds. The van der Waals surface area contributed by atoms with E-state index in [2.05, 4.69) is 0 Å². The van der Waals surface area contributed by atoms with Crippen LogP contribution in [0.5, 0.6) is 0 Å². The quantitative estimate of drug-likeness (QED) is 0.473. The maximum Gasteiger partial charge on any atom is 0.0847 e. The first-order valence-electron chi connectivity index (χ1n) is 3.65. The Morgan fingerprint density at radius 3 is 2.92 bits per heavy atom. The van der Waals surface area contributed by atoms with E-state index in [4.69, 9.17) is 16.7 Å². The topological polar surface area (TPSA) is 75.5 Å². The van der Waals surface area contributed by atoms with Gasteiger partial charge < -0.3 is 10.8 Å². The summed E-state index contributed by atoms with van der Waals surface area (Å²) in [5.41, 5.74) is 7.61. The Balaban J connectivity index is 2.99. The van der Waals surface area contributed by atoms with Crippen molar-refractivity contribution in [1.82, 2.24) is 5.01 Å². The van der Waals surface area contributed by atoms with E-state index in [-0.39, 0.29) is 6.61 Å². The van der Waals surface area contributed by atoms with Crippen LogP contribution in [0.2, 0.25) is 0 Å². The molecule has 0 saturated carbocycles. The van der Waals surface area contributed by atoms with E-state index in [0.29, 0.717) is 11.4 Å². The highest BCUT2D eigenvalue weighted by molar-refractivity contribution is 5.35. The molecule has 0 fully saturated rings. The number of hydrogen-bond donors (Lipinski definition) is 3. The van der Waals surface area contributed by atoms with Crippen LogP contribution in [-0.2, 0) is 0 Å². The normalized spacial score (nSPS) is 20.9. The largest absolute Gasteiger partial charge is 0.398 e. The Labute approximate surface area is 71.4 Å². The fourth-order valence-corrected chi connectivity index (χ4v) is 0.956. The molecule has 1 heterocycles. The summed E-state index contributed by atoms with van der Waals surface area (Å²) in [7, 11) is 0. The highest BCUT2D eigenvalue weighted by Gasteiger charge is 2.07. The van der Waals surface area contributed by atoms with Crippen molar-refractivity contribution in [3.05, 3.63) is 35.3 Å². The third-order valence-electron chi connectivity index (χ3n) is 1.64. The molecule has 0 atom stereocenters. The molecule has 0 spiro atoms. The molecule has 4 heteroatoms. The van der Waals surface area contributed by atoms with Crippen LogP contribution in [0.15, 0.2) is 35.3 Å². The lowest BCUT2D eigenvalue weighted by molar-refractivity contribution is 0.323. The first-order valence-corrected chi connectivity index (χ1v) is 3.65. The summed E-state index contributed by atoms with van der Waals surface area (Å²) in [5.74, 6) is 5.57. The number of nitrogens with two attached hydrogens (primary N) is 2. The summed E-state index contributed by atoms with van der Waals surface area (Å²) in [5, 5.41) is 10.2. The van der Waals surface area contributed by atoms with Crippen molar-refractivity contribution in [2.75, 3.05) is 6.61 Å². The van der Waals surface area contributed by atoms with Crippen LogP contribution in [0.25, 0.3) is 0 Å². The standard InChI is InChI=1S/C8H13N3O/c1-6-2-3-11(10)8(4-6)7(9)5-12/h2-4,12H,5,9-10H2,1H3/b8-7-. The maximum absolute atomic E-state index is 8.77. The molecule has 0 aliphatic carbocycles. The van der Waals surface area contributed by atoms with Gasteiger partial charge in [0.05, 0.1) is 18.0 Å². The average molecular weight is 167 g/mol. The minimum absolute atomic E-state index is 0.180. The highest BCUT2D eigenvalue weighted by atomic mass is 16.3. The molecule has 0 aromatic rings. The molecule has 0 aromatic carbocycles. The second-order valence-electron chi connectivity index (χ2n) is 2.68. The maximum atomic E-state index is 8.77. The molecule has 0 aromatic heterocycles. The molecule has 5 N–H and O–H groups in total. The van der Waals surface area contributed by atoms with Crippen LogP contribution < -0.4 is 11.6 Å². The lowest BCUT2D eigenvalue weighted by atomic mass is 10.1. The van der Waals surface area contributed by atoms with Gasteiger partial charge in [0.2, 0.25) is 0 Å². The van der Waals surface area contributed by atoms with E-state index in [1.165, 1.54) is 5.01 Å². The van der Waals surface area contributed by atoms with Crippen molar-refractivity contribution in [2.24, 2.45) is 11.6 Å². The third-order valence-corrected chi connectivity index (χ3v) is 1.64. The van der Waals surface area contributed by atoms with Crippen LogP contribution in [0.3, 0.4) is 0 Å². The molecule has 0 bridgehead atoms. The van der Waals surface area contributed by atoms with Crippen LogP contribution in [-0.4, -0.2) is 16.7 Å². The molecule has 0 radical (unpaired) electrons. The van der Waals surface area contributed by atoms with Crippen molar-refractivity contribution in [1.29, 1.82) is 0 Å². The summed E-state index contributed by atoms with van der Waals surface area (Å²) in [6, 6.07) is 0. The second-order valence-corrected chi connectivity index (χ2v) is 2.68. The van der Waals surface area contributed by atoms with Gasteiger partial charge in [0.25, 0.3) is 0 Å². The molecule has 1 aliphatic rings. The summed E-state index contributed by atoms with van der Waals surface area (Å²) >= 11 is 0. The SMILES string of the molecule is CC1=C/C(=C(/N)CO)N(N)C=C1. The number of nitrogens with zero attached hydrogens (tertiary/aromatic N) is 1. The second kappa shape index (κ2) is 3.42. The smallest absolute Gasteiger partial charge is 0.0847 e. The van der Waals surface area contributed by atoms with Crippen molar-refractivity contribution in [3.63, 3.8) is 0 Å². The van der Waals surface area contributed by atoms with Crippen LogP contribution in [0.1, 0.15) is 6.92 Å². The van der Waals surface area contributed by atoms with Crippen LogP contribution in [0.4, 0.5) is 0 Å². The molecular formula is C8H13N3O. The Hall–Kier alpha value is -1.26. The Kier molecular flexibility index (Phi) is 2.52. The minimum Gasteiger partial charge on any atom is -0.398 e. The number of aliphatic hydroxyl groups is 1. The zero-order chi connectivity index (χ0) is 9.14. The monoisotopic (exact) mass is 167 g/mol. The van der Waals surface area contributed by atoms with Crippen LogP contribution >= 0.6 is 0 Å². The molecule has 12 heavy (non-hydrogen) atoms. The van der Waals surface area contributed by atoms with Gasteiger partial charge in [-0.3, -0.25) is 5.01 Å². The Morgan fingerprint density at radius 1 is 1.67 bits per heavy atom. The van der Waals surface area contributed by atoms with Gasteiger partial charge in [0, 0.05) is 6.20 Å². The van der Waals surface area contributed by atoms with E-state index in [0.717, 1.165) is 5.57 Å². The number of aliphatic hydroxyl groups excluding tert-OH is 1. The predicted octanol–water partition coefficient (Wildman–Crippen LogP) is -0.202. The third kappa shape index (κ3) is 1.66. The number of rotatable bonds is 1. The molecule has 0 unspecified atom stereocenters. The van der Waals surface area contributed by atoms with Crippen LogP contribution in [0, 0.1) is 0 Å². The Morgan fingerprint density at radius 2 is 2.33 bits per heavy atom. The average Bonchev–Trinajstić information content (AvgIpc) is 2.08. The molecular weight excluding hydrogens is 154 g/mol. The fourth-order valence-electron chi connectivity index (χ4n) is 0.956. The zero-order valence-electron chi connectivity index (χ0n) is 6.99. The van der Waals surface area contributed by atoms with Gasteiger partial charge in [-0.1, -0.05) is 0 Å². The van der Waals surface area contributed by atoms with Gasteiger partial charge in [0.15, 0.2) is 0 Å². The van der Waals surface area contributed by atoms with E-state index < -0.39 is 0 Å². The van der Waals surface area contributed by atoms with Gasteiger partial charge >= 0.3 is 0 Å². The fraction of sp³-hybridized carbons (Fsp3) is 0.250. The predicted molar refractivity (Wildman–Crippen MR) is 47.2 cm³/mol. The number of hydrogen-bond acceptors (Lipinski definition) is 4. The number of hydrazine groups is 1. The summed E-state index contributed by atoms with van der Waals surface area (Å²) in [6.45, 7) is 1.76. The van der Waals surface area contributed by atoms with Crippen molar-refractivity contribution in [2.45, 2.75) is 6.92 Å². The summed E-state index contributed by atoms with van der Waals surface area (Å²) in [4.78, 5) is 0. The van der Waals surface area contributed by atoms with Gasteiger partial charge in [-0.25, -0.2) is 5.84 Å². The van der Waals surface area contributed by atoms with E-state index in [1.807, 2.05) is 19.1 Å². The lowest BCUT2D eigenvalue weighted by Crippen LogP contribution is -2.28. The first-order chi connectivity index (χ1) is 5.65. The summed E-state index contributed by atoms with van der Waals surface area (Å²) in [6.07, 6.45) is 5.40. The zero-order valence-corrected chi connectivity index (χ0v) is 6.99. The molecule has 4 nitrogen and oxygen atoms in total. The van der Waals surface area contributed by atoms with Gasteiger partial charge in [-0.2, -0.15) is 0 Å². The van der Waals surface area contributed by atoms with Gasteiger partial charge in [0.1, 0.15) is 0 Å². The molecule has 1 rings (SSSR count). The Bertz CT molecular complexity index is 265. The van der Waals surface area contributed by atoms with Crippen molar-refractivity contribution < 1.29 is 5.11 Å². The molecule has 0 saturated heterocycles. The first kappa shape index (κ1) is 8.83. The summed E-state index contributed by atoms with van der Waals surface area (Å²) < 4.78 is 0. The van der Waals surface area contributed by atoms with E-state index in [9.17, 15) is 0 Å².